The number of primary amides is 1. The molecule has 11 heteroatoms. The summed E-state index contributed by atoms with van der Waals surface area (Å²) >= 11 is 0. The molecule has 0 bridgehead atoms. The summed E-state index contributed by atoms with van der Waals surface area (Å²) in [5, 5.41) is 34.6. The van der Waals surface area contributed by atoms with Crippen molar-refractivity contribution in [3.63, 3.8) is 0 Å². The van der Waals surface area contributed by atoms with E-state index in [0.29, 0.717) is 39.2 Å². The summed E-state index contributed by atoms with van der Waals surface area (Å²) in [6.07, 6.45) is -2.89. The van der Waals surface area contributed by atoms with E-state index in [0.717, 1.165) is 0 Å². The Morgan fingerprint density at radius 2 is 1.39 bits per heavy atom. The second-order valence-electron chi connectivity index (χ2n) is 11.5. The van der Waals surface area contributed by atoms with Crippen molar-refractivity contribution in [3.05, 3.63) is 101 Å². The number of hydrogen-bond donors (Lipinski definition) is 4. The van der Waals surface area contributed by atoms with Gasteiger partial charge in [-0.2, -0.15) is 0 Å². The molecule has 3 aromatic carbocycles. The number of carboxylic acid groups (broad SMARTS) is 1. The number of carbonyl (C=O) groups excluding carboxylic acids is 3. The van der Waals surface area contributed by atoms with Crippen LogP contribution < -0.4 is 16.2 Å². The minimum absolute atomic E-state index is 0.0413. The lowest BCUT2D eigenvalue weighted by Gasteiger charge is -2.20. The largest absolute Gasteiger partial charge is 0.550 e. The van der Waals surface area contributed by atoms with Gasteiger partial charge < -0.3 is 35.7 Å². The number of rotatable bonds is 14. The SMILES string of the molecule is CC(C)n1c(CC[C@@H](O)C[C@@H](O)CC(=O)[O-])c(-c2ccc(F)cc2)c(-c2ccc(F)cc2)c1C(=O)Nc1ccc(CC(N)=O)cc1. The van der Waals surface area contributed by atoms with Gasteiger partial charge in [0.25, 0.3) is 5.91 Å². The number of aliphatic hydroxyl groups excluding tert-OH is 2. The maximum absolute atomic E-state index is 14.2. The number of amides is 2. The monoisotopic (exact) mass is 632 g/mol. The molecular formula is C35H36F2N3O6-. The number of nitrogens with two attached hydrogens (primary N) is 1. The molecule has 0 spiro atoms. The quantitative estimate of drug-likeness (QED) is 0.164. The molecule has 0 aliphatic carbocycles. The van der Waals surface area contributed by atoms with E-state index in [9.17, 15) is 38.5 Å². The molecule has 4 rings (SSSR count). The number of aromatic nitrogens is 1. The molecule has 0 unspecified atom stereocenters. The molecule has 9 nitrogen and oxygen atoms in total. The van der Waals surface area contributed by atoms with E-state index in [4.69, 9.17) is 5.73 Å². The molecule has 1 aromatic heterocycles. The van der Waals surface area contributed by atoms with Crippen molar-refractivity contribution in [2.75, 3.05) is 5.32 Å². The van der Waals surface area contributed by atoms with E-state index < -0.39 is 48.0 Å². The Morgan fingerprint density at radius 3 is 1.89 bits per heavy atom. The zero-order chi connectivity index (χ0) is 33.5. The van der Waals surface area contributed by atoms with Gasteiger partial charge in [0, 0.05) is 40.9 Å². The highest BCUT2D eigenvalue weighted by atomic mass is 19.1. The lowest BCUT2D eigenvalue weighted by atomic mass is 9.92. The summed E-state index contributed by atoms with van der Waals surface area (Å²) in [6.45, 7) is 3.75. The normalized spacial score (nSPS) is 12.6. The third-order valence-corrected chi connectivity index (χ3v) is 7.56. The minimum Gasteiger partial charge on any atom is -0.550 e. The van der Waals surface area contributed by atoms with Crippen molar-refractivity contribution in [2.24, 2.45) is 5.73 Å². The van der Waals surface area contributed by atoms with Gasteiger partial charge in [-0.05, 0) is 86.2 Å². The number of carbonyl (C=O) groups is 3. The topological polar surface area (TPSA) is 158 Å². The molecule has 2 atom stereocenters. The summed E-state index contributed by atoms with van der Waals surface area (Å²) < 4.78 is 30.0. The molecule has 1 heterocycles. The smallest absolute Gasteiger partial charge is 0.272 e. The van der Waals surface area contributed by atoms with Crippen LogP contribution in [0.15, 0.2) is 72.8 Å². The summed E-state index contributed by atoms with van der Waals surface area (Å²) in [5.41, 5.74) is 9.41. The van der Waals surface area contributed by atoms with Crippen LogP contribution in [0.2, 0.25) is 0 Å². The highest BCUT2D eigenvalue weighted by molar-refractivity contribution is 6.11. The third kappa shape index (κ3) is 8.43. The first-order valence-corrected chi connectivity index (χ1v) is 14.9. The molecule has 0 radical (unpaired) electrons. The van der Waals surface area contributed by atoms with E-state index in [1.165, 1.54) is 24.3 Å². The number of aliphatic hydroxyl groups is 2. The summed E-state index contributed by atoms with van der Waals surface area (Å²) in [6, 6.07) is 17.7. The fraction of sp³-hybridized carbons (Fsp3) is 0.286. The van der Waals surface area contributed by atoms with Crippen molar-refractivity contribution in [2.45, 2.75) is 64.2 Å². The van der Waals surface area contributed by atoms with Crippen LogP contribution in [0.25, 0.3) is 22.3 Å². The van der Waals surface area contributed by atoms with Crippen molar-refractivity contribution < 1.29 is 38.5 Å². The van der Waals surface area contributed by atoms with Gasteiger partial charge in [-0.25, -0.2) is 8.78 Å². The fourth-order valence-corrected chi connectivity index (χ4v) is 5.61. The van der Waals surface area contributed by atoms with Gasteiger partial charge in [0.05, 0.1) is 18.6 Å². The Labute approximate surface area is 265 Å². The minimum atomic E-state index is -1.44. The standard InChI is InChI=1S/C35H37F2N3O6/c1-20(2)40-29(16-15-27(41)18-28(42)19-31(44)45)32(22-5-9-24(36)10-6-22)33(23-7-11-25(37)12-8-23)34(40)35(46)39-26-13-3-21(4-14-26)17-30(38)43/h3-14,20,27-28,41-42H,15-19H2,1-2H3,(H2,38,43)(H,39,46)(H,44,45)/p-1/t27-,28-/m1/s1. The number of hydrogen-bond acceptors (Lipinski definition) is 6. The van der Waals surface area contributed by atoms with Gasteiger partial charge >= 0.3 is 0 Å². The second-order valence-corrected chi connectivity index (χ2v) is 11.5. The fourth-order valence-electron chi connectivity index (χ4n) is 5.61. The number of nitrogens with one attached hydrogen (secondary N) is 1. The zero-order valence-corrected chi connectivity index (χ0v) is 25.5. The van der Waals surface area contributed by atoms with Crippen LogP contribution in [0.3, 0.4) is 0 Å². The number of carboxylic acids is 1. The van der Waals surface area contributed by atoms with E-state index in [2.05, 4.69) is 5.32 Å². The molecule has 0 fully saturated rings. The Bertz CT molecular complexity index is 1680. The summed E-state index contributed by atoms with van der Waals surface area (Å²) in [7, 11) is 0. The average molecular weight is 633 g/mol. The molecule has 242 valence electrons. The highest BCUT2D eigenvalue weighted by Gasteiger charge is 2.30. The predicted octanol–water partition coefficient (Wildman–Crippen LogP) is 4.15. The van der Waals surface area contributed by atoms with Gasteiger partial charge in [-0.3, -0.25) is 9.59 Å². The molecule has 2 amide bonds. The van der Waals surface area contributed by atoms with E-state index in [1.54, 1.807) is 48.5 Å². The van der Waals surface area contributed by atoms with Crippen LogP contribution in [0, 0.1) is 11.6 Å². The Morgan fingerprint density at radius 1 is 0.848 bits per heavy atom. The molecule has 0 saturated carbocycles. The maximum Gasteiger partial charge on any atom is 0.272 e. The number of anilines is 1. The summed E-state index contributed by atoms with van der Waals surface area (Å²) in [5.74, 6) is -3.36. The number of nitrogens with zero attached hydrogens (tertiary/aromatic N) is 1. The molecular weight excluding hydrogens is 596 g/mol. The maximum atomic E-state index is 14.2. The van der Waals surface area contributed by atoms with Crippen LogP contribution in [0.5, 0.6) is 0 Å². The van der Waals surface area contributed by atoms with E-state index in [1.807, 2.05) is 18.4 Å². The number of benzene rings is 3. The summed E-state index contributed by atoms with van der Waals surface area (Å²) in [4.78, 5) is 36.4. The van der Waals surface area contributed by atoms with Crippen LogP contribution in [-0.4, -0.2) is 44.8 Å². The van der Waals surface area contributed by atoms with Gasteiger partial charge in [0.1, 0.15) is 17.3 Å². The number of aliphatic carboxylic acids is 1. The van der Waals surface area contributed by atoms with Crippen LogP contribution >= 0.6 is 0 Å². The van der Waals surface area contributed by atoms with Crippen LogP contribution in [0.1, 0.15) is 60.9 Å². The Kier molecular flexibility index (Phi) is 11.0. The van der Waals surface area contributed by atoms with Gasteiger partial charge in [0.2, 0.25) is 5.91 Å². The average Bonchev–Trinajstić information content (AvgIpc) is 3.32. The Balaban J connectivity index is 1.88. The zero-order valence-electron chi connectivity index (χ0n) is 25.5. The molecule has 46 heavy (non-hydrogen) atoms. The third-order valence-electron chi connectivity index (χ3n) is 7.56. The van der Waals surface area contributed by atoms with Crippen molar-refractivity contribution in [1.82, 2.24) is 4.57 Å². The second kappa shape index (κ2) is 14.9. The predicted molar refractivity (Wildman–Crippen MR) is 167 cm³/mol. The molecule has 0 aliphatic heterocycles. The van der Waals surface area contributed by atoms with Crippen molar-refractivity contribution >= 4 is 23.5 Å². The molecule has 4 aromatic rings. The molecule has 0 aliphatic rings. The molecule has 5 N–H and O–H groups in total. The van der Waals surface area contributed by atoms with E-state index >= 15 is 0 Å². The number of halogens is 2. The Hall–Kier alpha value is -4.87. The van der Waals surface area contributed by atoms with Crippen LogP contribution in [0.4, 0.5) is 14.5 Å². The van der Waals surface area contributed by atoms with E-state index in [-0.39, 0.29) is 37.4 Å². The lowest BCUT2D eigenvalue weighted by Crippen LogP contribution is -2.29. The first kappa shape index (κ1) is 34.0. The first-order chi connectivity index (χ1) is 21.8. The van der Waals surface area contributed by atoms with Gasteiger partial charge in [-0.15, -0.1) is 0 Å². The lowest BCUT2D eigenvalue weighted by molar-refractivity contribution is -0.307. The first-order valence-electron chi connectivity index (χ1n) is 14.9. The van der Waals surface area contributed by atoms with Crippen LogP contribution in [-0.2, 0) is 22.4 Å². The van der Waals surface area contributed by atoms with Gasteiger partial charge in [-0.1, -0.05) is 36.4 Å². The van der Waals surface area contributed by atoms with Crippen molar-refractivity contribution in [3.8, 4) is 22.3 Å². The molecule has 0 saturated heterocycles. The highest BCUT2D eigenvalue weighted by Crippen LogP contribution is 2.43. The van der Waals surface area contributed by atoms with Crippen molar-refractivity contribution in [1.29, 1.82) is 0 Å². The van der Waals surface area contributed by atoms with Gasteiger partial charge in [0.15, 0.2) is 0 Å².